The molecule has 1 fully saturated rings. The number of nitrogens with zero attached hydrogens (tertiary/aromatic N) is 1. The Hall–Kier alpha value is -1.44. The fraction of sp³-hybridized carbons (Fsp3) is 0.680. The molecule has 1 heterocycles. The van der Waals surface area contributed by atoms with E-state index in [1.807, 2.05) is 12.1 Å². The topological polar surface area (TPSA) is 82.4 Å². The molecule has 1 aliphatic heterocycles. The van der Waals surface area contributed by atoms with Crippen molar-refractivity contribution in [3.63, 3.8) is 0 Å². The molecular weight excluding hydrogens is 394 g/mol. The highest BCUT2D eigenvalue weighted by molar-refractivity contribution is 5.73. The molecule has 6 heteroatoms. The Labute approximate surface area is 187 Å². The average Bonchev–Trinajstić information content (AvgIpc) is 2.76. The molecule has 1 aromatic rings. The van der Waals surface area contributed by atoms with Crippen LogP contribution in [0.25, 0.3) is 5.57 Å². The van der Waals surface area contributed by atoms with Gasteiger partial charge in [0.05, 0.1) is 12.7 Å². The van der Waals surface area contributed by atoms with E-state index in [4.69, 9.17) is 9.47 Å². The lowest BCUT2D eigenvalue weighted by molar-refractivity contribution is -0.230. The van der Waals surface area contributed by atoms with Gasteiger partial charge in [-0.3, -0.25) is 0 Å². The number of aliphatic hydroxyl groups is 3. The number of hydrogen-bond acceptors (Lipinski definition) is 6. The Balaban J connectivity index is 2.27. The number of aliphatic hydroxyl groups excluding tert-OH is 3. The van der Waals surface area contributed by atoms with Gasteiger partial charge in [0.2, 0.25) is 6.29 Å². The summed E-state index contributed by atoms with van der Waals surface area (Å²) in [5.74, 6) is 0.714. The van der Waals surface area contributed by atoms with Gasteiger partial charge in [0, 0.05) is 18.5 Å². The van der Waals surface area contributed by atoms with Crippen molar-refractivity contribution in [2.24, 2.45) is 0 Å². The first-order valence-electron chi connectivity index (χ1n) is 11.7. The van der Waals surface area contributed by atoms with E-state index in [2.05, 4.69) is 44.7 Å². The number of hydrogen-bond donors (Lipinski definition) is 3. The van der Waals surface area contributed by atoms with Gasteiger partial charge < -0.3 is 29.7 Å². The smallest absolute Gasteiger partial charge is 0.202 e. The summed E-state index contributed by atoms with van der Waals surface area (Å²) < 4.78 is 11.9. The lowest BCUT2D eigenvalue weighted by Crippen LogP contribution is -2.51. The highest BCUT2D eigenvalue weighted by atomic mass is 16.7. The molecule has 0 spiro atoms. The Morgan fingerprint density at radius 1 is 1.19 bits per heavy atom. The summed E-state index contributed by atoms with van der Waals surface area (Å²) in [5, 5.41) is 29.6. The fourth-order valence-electron chi connectivity index (χ4n) is 4.10. The predicted octanol–water partition coefficient (Wildman–Crippen LogP) is 3.51. The molecule has 1 unspecified atom stereocenters. The van der Waals surface area contributed by atoms with Crippen LogP contribution in [0.15, 0.2) is 24.3 Å². The number of benzene rings is 1. The quantitative estimate of drug-likeness (QED) is 0.466. The second-order valence-corrected chi connectivity index (χ2v) is 8.35. The molecule has 0 aliphatic carbocycles. The van der Waals surface area contributed by atoms with Gasteiger partial charge in [-0.1, -0.05) is 45.4 Å². The Kier molecular flexibility index (Phi) is 11.0. The van der Waals surface area contributed by atoms with Crippen molar-refractivity contribution in [1.82, 2.24) is 4.90 Å². The maximum atomic E-state index is 10.2. The van der Waals surface area contributed by atoms with Crippen LogP contribution in [0.1, 0.15) is 64.0 Å². The van der Waals surface area contributed by atoms with Gasteiger partial charge in [-0.15, -0.1) is 0 Å². The minimum Gasteiger partial charge on any atom is -0.464 e. The summed E-state index contributed by atoms with van der Waals surface area (Å²) in [7, 11) is 0. The van der Waals surface area contributed by atoms with Gasteiger partial charge in [-0.2, -0.15) is 0 Å². The summed E-state index contributed by atoms with van der Waals surface area (Å²) in [6.45, 7) is 11.4. The summed E-state index contributed by atoms with van der Waals surface area (Å²) in [6, 6.07) is 5.97. The molecule has 1 saturated heterocycles. The number of allylic oxidation sites excluding steroid dienone is 1. The molecule has 0 bridgehead atoms. The minimum absolute atomic E-state index is 0.152. The van der Waals surface area contributed by atoms with Crippen LogP contribution in [-0.2, 0) is 4.74 Å². The van der Waals surface area contributed by atoms with E-state index in [9.17, 15) is 15.3 Å². The number of rotatable bonds is 12. The Morgan fingerprint density at radius 3 is 2.61 bits per heavy atom. The van der Waals surface area contributed by atoms with E-state index in [-0.39, 0.29) is 13.0 Å². The maximum absolute atomic E-state index is 10.2. The first-order valence-corrected chi connectivity index (χ1v) is 11.7. The third-order valence-electron chi connectivity index (χ3n) is 5.89. The third kappa shape index (κ3) is 7.29. The molecular formula is C25H41NO5. The van der Waals surface area contributed by atoms with E-state index in [0.29, 0.717) is 5.75 Å². The normalized spacial score (nSPS) is 24.6. The van der Waals surface area contributed by atoms with Crippen molar-refractivity contribution in [3.05, 3.63) is 35.4 Å². The maximum Gasteiger partial charge on any atom is 0.202 e. The van der Waals surface area contributed by atoms with Crippen molar-refractivity contribution in [2.75, 3.05) is 26.2 Å². The van der Waals surface area contributed by atoms with Crippen LogP contribution in [0.2, 0.25) is 0 Å². The van der Waals surface area contributed by atoms with Gasteiger partial charge in [-0.25, -0.2) is 0 Å². The van der Waals surface area contributed by atoms with Crippen LogP contribution in [-0.4, -0.2) is 71.1 Å². The van der Waals surface area contributed by atoms with Gasteiger partial charge in [-0.05, 0) is 56.5 Å². The van der Waals surface area contributed by atoms with Crippen molar-refractivity contribution >= 4 is 5.57 Å². The third-order valence-corrected chi connectivity index (χ3v) is 5.89. The largest absolute Gasteiger partial charge is 0.464 e. The van der Waals surface area contributed by atoms with E-state index in [1.165, 1.54) is 5.57 Å². The van der Waals surface area contributed by atoms with Gasteiger partial charge in [0.1, 0.15) is 18.0 Å². The molecule has 4 atom stereocenters. The molecule has 1 aliphatic rings. The predicted molar refractivity (Wildman–Crippen MR) is 124 cm³/mol. The molecule has 1 aromatic carbocycles. The van der Waals surface area contributed by atoms with Gasteiger partial charge >= 0.3 is 0 Å². The molecule has 0 aromatic heterocycles. The van der Waals surface area contributed by atoms with Crippen molar-refractivity contribution in [3.8, 4) is 5.75 Å². The van der Waals surface area contributed by atoms with Gasteiger partial charge in [0.25, 0.3) is 0 Å². The van der Waals surface area contributed by atoms with Crippen molar-refractivity contribution in [2.45, 2.75) is 84.4 Å². The fourth-order valence-corrected chi connectivity index (χ4v) is 4.10. The minimum atomic E-state index is -1.11. The molecule has 31 heavy (non-hydrogen) atoms. The standard InChI is InChI=1S/C25H41NO5/c1-5-8-11-19(13-15-26(7-3)14-6-2)24-18(4)10-9-12-21(24)30-23-16-20(28)25(29)22(17-27)31-23/h9-12,20,22-23,25,27-29H,5-8,13-17H2,1-4H3/b19-11-/t20-,22-,23?,25+/m1/s1. The molecule has 3 N–H and O–H groups in total. The zero-order chi connectivity index (χ0) is 22.8. The van der Waals surface area contributed by atoms with E-state index >= 15 is 0 Å². The Morgan fingerprint density at radius 2 is 1.97 bits per heavy atom. The first kappa shape index (κ1) is 25.8. The van der Waals surface area contributed by atoms with E-state index in [1.54, 1.807) is 0 Å². The van der Waals surface area contributed by atoms with Crippen LogP contribution in [0.3, 0.4) is 0 Å². The Bertz CT molecular complexity index is 692. The molecule has 2 rings (SSSR count). The average molecular weight is 436 g/mol. The van der Waals surface area contributed by atoms with Crippen molar-refractivity contribution in [1.29, 1.82) is 0 Å². The molecule has 6 nitrogen and oxygen atoms in total. The van der Waals surface area contributed by atoms with E-state index < -0.39 is 24.6 Å². The van der Waals surface area contributed by atoms with Crippen LogP contribution < -0.4 is 4.74 Å². The van der Waals surface area contributed by atoms with Crippen LogP contribution >= 0.6 is 0 Å². The monoisotopic (exact) mass is 435 g/mol. The SMILES string of the molecule is CCC/C=C(/CCN(CC)CCC)c1c(C)cccc1OC1C[C@@H](O)[C@H](O)[C@@H](CO)O1. The lowest BCUT2D eigenvalue weighted by atomic mass is 9.95. The number of ether oxygens (including phenoxy) is 2. The highest BCUT2D eigenvalue weighted by Gasteiger charge is 2.37. The van der Waals surface area contributed by atoms with Gasteiger partial charge in [0.15, 0.2) is 0 Å². The highest BCUT2D eigenvalue weighted by Crippen LogP contribution is 2.34. The summed E-state index contributed by atoms with van der Waals surface area (Å²) in [5.41, 5.74) is 3.47. The second-order valence-electron chi connectivity index (χ2n) is 8.35. The van der Waals surface area contributed by atoms with E-state index in [0.717, 1.165) is 56.4 Å². The molecule has 0 radical (unpaired) electrons. The lowest BCUT2D eigenvalue weighted by Gasteiger charge is -2.36. The second kappa shape index (κ2) is 13.2. The number of unbranched alkanes of at least 4 members (excludes halogenated alkanes) is 1. The molecule has 176 valence electrons. The summed E-state index contributed by atoms with van der Waals surface area (Å²) in [4.78, 5) is 2.46. The zero-order valence-corrected chi connectivity index (χ0v) is 19.6. The molecule has 0 saturated carbocycles. The summed E-state index contributed by atoms with van der Waals surface area (Å²) >= 11 is 0. The van der Waals surface area contributed by atoms with Crippen molar-refractivity contribution < 1.29 is 24.8 Å². The summed E-state index contributed by atoms with van der Waals surface area (Å²) in [6.07, 6.45) is 2.92. The van der Waals surface area contributed by atoms with Crippen LogP contribution in [0.5, 0.6) is 5.75 Å². The van der Waals surface area contributed by atoms with Crippen LogP contribution in [0, 0.1) is 6.92 Å². The first-order chi connectivity index (χ1) is 14.9. The molecule has 0 amide bonds. The zero-order valence-electron chi connectivity index (χ0n) is 19.6. The van der Waals surface area contributed by atoms with Crippen LogP contribution in [0.4, 0.5) is 0 Å². The number of aryl methyl sites for hydroxylation is 1.